The van der Waals surface area contributed by atoms with Gasteiger partial charge in [-0.05, 0) is 25.8 Å². The summed E-state index contributed by atoms with van der Waals surface area (Å²) < 4.78 is 4.98. The Morgan fingerprint density at radius 2 is 1.93 bits per heavy atom. The molecule has 1 saturated heterocycles. The molecule has 3 rings (SSSR count). The minimum atomic E-state index is -1.26. The van der Waals surface area contributed by atoms with Crippen LogP contribution >= 0.6 is 11.3 Å². The fourth-order valence-electron chi connectivity index (χ4n) is 3.11. The van der Waals surface area contributed by atoms with E-state index in [1.807, 2.05) is 0 Å². The Balaban J connectivity index is 1.66. The van der Waals surface area contributed by atoms with E-state index in [0.29, 0.717) is 32.6 Å². The van der Waals surface area contributed by atoms with E-state index in [1.165, 1.54) is 0 Å². The minimum Gasteiger partial charge on any atom is -0.451 e. The van der Waals surface area contributed by atoms with Gasteiger partial charge in [-0.25, -0.2) is 14.6 Å². The van der Waals surface area contributed by atoms with Gasteiger partial charge in [0.1, 0.15) is 10.4 Å². The highest BCUT2D eigenvalue weighted by atomic mass is 32.1. The quantitative estimate of drug-likeness (QED) is 0.548. The Bertz CT molecular complexity index is 974. The number of benzene rings is 1. The van der Waals surface area contributed by atoms with Gasteiger partial charge in [-0.2, -0.15) is 5.01 Å². The molecular weight excluding hydrogens is 396 g/mol. The molecule has 10 heteroatoms. The van der Waals surface area contributed by atoms with E-state index in [9.17, 15) is 19.2 Å². The summed E-state index contributed by atoms with van der Waals surface area (Å²) in [5.41, 5.74) is 2.07. The summed E-state index contributed by atoms with van der Waals surface area (Å²) in [5.74, 6) is -2.10. The van der Waals surface area contributed by atoms with Crippen LogP contribution in [0.25, 0.3) is 0 Å². The van der Waals surface area contributed by atoms with Crippen molar-refractivity contribution >= 4 is 35.2 Å². The number of nitrogens with one attached hydrogen (secondary N) is 2. The second-order valence-electron chi connectivity index (χ2n) is 6.45. The topological polar surface area (TPSA) is 118 Å². The maximum Gasteiger partial charge on any atom is 0.350 e. The Morgan fingerprint density at radius 3 is 2.52 bits per heavy atom. The third-order valence-electron chi connectivity index (χ3n) is 4.55. The second kappa shape index (κ2) is 8.00. The zero-order chi connectivity index (χ0) is 21.2. The lowest BCUT2D eigenvalue weighted by atomic mass is 9.87. The summed E-state index contributed by atoms with van der Waals surface area (Å²) in [6.07, 6.45) is 0.299. The number of hydrogen-bond donors (Lipinski definition) is 2. The van der Waals surface area contributed by atoms with Crippen LogP contribution in [-0.2, 0) is 19.9 Å². The molecule has 29 heavy (non-hydrogen) atoms. The van der Waals surface area contributed by atoms with Gasteiger partial charge in [0.15, 0.2) is 6.61 Å². The maximum absolute atomic E-state index is 12.9. The van der Waals surface area contributed by atoms with E-state index in [4.69, 9.17) is 4.74 Å². The number of amides is 4. The number of nitrogens with zero attached hydrogens (tertiary/aromatic N) is 2. The van der Waals surface area contributed by atoms with Crippen molar-refractivity contribution in [2.75, 3.05) is 6.61 Å². The molecule has 9 nitrogen and oxygen atoms in total. The number of esters is 1. The normalized spacial score (nSPS) is 18.5. The Hall–Kier alpha value is -3.27. The van der Waals surface area contributed by atoms with Crippen molar-refractivity contribution in [3.63, 3.8) is 0 Å². The molecule has 2 aromatic rings. The summed E-state index contributed by atoms with van der Waals surface area (Å²) in [7, 11) is 0. The summed E-state index contributed by atoms with van der Waals surface area (Å²) in [6, 6.07) is 8.03. The highest BCUT2D eigenvalue weighted by Gasteiger charge is 2.52. The number of aryl methyl sites for hydroxylation is 2. The zero-order valence-corrected chi connectivity index (χ0v) is 17.0. The number of ether oxygens (including phenoxy) is 1. The molecule has 0 saturated carbocycles. The molecule has 0 unspecified atom stereocenters. The lowest BCUT2D eigenvalue weighted by molar-refractivity contribution is -0.140. The second-order valence-corrected chi connectivity index (χ2v) is 7.66. The predicted octanol–water partition coefficient (Wildman–Crippen LogP) is 1.81. The van der Waals surface area contributed by atoms with Crippen LogP contribution in [0.3, 0.4) is 0 Å². The van der Waals surface area contributed by atoms with Gasteiger partial charge < -0.3 is 10.1 Å². The molecule has 1 aromatic carbocycles. The molecule has 1 aromatic heterocycles. The fourth-order valence-corrected chi connectivity index (χ4v) is 3.93. The first-order chi connectivity index (χ1) is 13.8. The van der Waals surface area contributed by atoms with E-state index in [-0.39, 0.29) is 0 Å². The number of rotatable bonds is 6. The Labute approximate surface area is 171 Å². The average molecular weight is 416 g/mol. The fraction of sp³-hybridized carbons (Fsp3) is 0.316. The van der Waals surface area contributed by atoms with Crippen LogP contribution in [0.5, 0.6) is 0 Å². The van der Waals surface area contributed by atoms with E-state index in [2.05, 4.69) is 15.7 Å². The van der Waals surface area contributed by atoms with Crippen molar-refractivity contribution in [1.82, 2.24) is 20.7 Å². The lowest BCUT2D eigenvalue weighted by Gasteiger charge is -2.25. The zero-order valence-electron chi connectivity index (χ0n) is 16.1. The first-order valence-corrected chi connectivity index (χ1v) is 9.73. The van der Waals surface area contributed by atoms with Crippen molar-refractivity contribution in [3.05, 3.63) is 51.5 Å². The van der Waals surface area contributed by atoms with Gasteiger partial charge in [-0.3, -0.25) is 15.0 Å². The first kappa shape index (κ1) is 20.5. The van der Waals surface area contributed by atoms with E-state index in [1.54, 1.807) is 51.1 Å². The van der Waals surface area contributed by atoms with Crippen LogP contribution < -0.4 is 10.7 Å². The maximum atomic E-state index is 12.9. The first-order valence-electron chi connectivity index (χ1n) is 8.91. The number of hydrogen-bond acceptors (Lipinski definition) is 7. The number of urea groups is 1. The van der Waals surface area contributed by atoms with Crippen molar-refractivity contribution in [3.8, 4) is 0 Å². The van der Waals surface area contributed by atoms with Gasteiger partial charge in [0.2, 0.25) is 0 Å². The van der Waals surface area contributed by atoms with Gasteiger partial charge in [-0.1, -0.05) is 37.3 Å². The van der Waals surface area contributed by atoms with Crippen molar-refractivity contribution in [2.24, 2.45) is 0 Å². The Kier molecular flexibility index (Phi) is 5.64. The van der Waals surface area contributed by atoms with Crippen LogP contribution in [0.2, 0.25) is 0 Å². The van der Waals surface area contributed by atoms with Crippen molar-refractivity contribution in [1.29, 1.82) is 0 Å². The molecule has 1 fully saturated rings. The van der Waals surface area contributed by atoms with Gasteiger partial charge in [0.25, 0.3) is 11.8 Å². The number of hydrazine groups is 1. The Morgan fingerprint density at radius 1 is 1.24 bits per heavy atom. The SMILES string of the molecule is CC[C@@]1(c2ccccc2)NC(=O)N(NC(=O)COC(=O)c2sc(C)nc2C)C1=O. The number of imide groups is 1. The van der Waals surface area contributed by atoms with Crippen molar-refractivity contribution < 1.29 is 23.9 Å². The molecule has 0 spiro atoms. The van der Waals surface area contributed by atoms with Crippen LogP contribution in [-0.4, -0.2) is 40.4 Å². The number of carbonyl (C=O) groups excluding carboxylic acids is 4. The molecule has 152 valence electrons. The smallest absolute Gasteiger partial charge is 0.350 e. The number of aromatic nitrogens is 1. The van der Waals surface area contributed by atoms with Gasteiger partial charge >= 0.3 is 12.0 Å². The summed E-state index contributed by atoms with van der Waals surface area (Å²) >= 11 is 1.16. The largest absolute Gasteiger partial charge is 0.451 e. The van der Waals surface area contributed by atoms with E-state index >= 15 is 0 Å². The summed E-state index contributed by atoms with van der Waals surface area (Å²) in [6.45, 7) is 4.54. The van der Waals surface area contributed by atoms with Crippen LogP contribution in [0.4, 0.5) is 4.79 Å². The molecule has 2 N–H and O–H groups in total. The number of thiazole rings is 1. The van der Waals surface area contributed by atoms with Crippen LogP contribution in [0.15, 0.2) is 30.3 Å². The lowest BCUT2D eigenvalue weighted by Crippen LogP contribution is -2.49. The highest BCUT2D eigenvalue weighted by molar-refractivity contribution is 7.13. The molecular formula is C19H20N4O5S. The molecule has 1 aliphatic rings. The van der Waals surface area contributed by atoms with E-state index in [0.717, 1.165) is 11.3 Å². The number of carbonyl (C=O) groups is 4. The minimum absolute atomic E-state index is 0.299. The van der Waals surface area contributed by atoms with Crippen LogP contribution in [0, 0.1) is 13.8 Å². The predicted molar refractivity (Wildman–Crippen MR) is 104 cm³/mol. The molecule has 0 aliphatic carbocycles. The molecule has 0 radical (unpaired) electrons. The summed E-state index contributed by atoms with van der Waals surface area (Å²) in [4.78, 5) is 54.0. The monoisotopic (exact) mass is 416 g/mol. The van der Waals surface area contributed by atoms with E-state index < -0.39 is 36.0 Å². The van der Waals surface area contributed by atoms with Gasteiger partial charge in [0, 0.05) is 0 Å². The van der Waals surface area contributed by atoms with Crippen LogP contribution in [0.1, 0.15) is 39.3 Å². The third kappa shape index (κ3) is 3.83. The van der Waals surface area contributed by atoms with Gasteiger partial charge in [-0.15, -0.1) is 11.3 Å². The average Bonchev–Trinajstić information content (AvgIpc) is 3.17. The standard InChI is InChI=1S/C19H20N4O5S/c1-4-19(13-8-6-5-7-9-13)17(26)23(18(27)21-19)22-14(24)10-28-16(25)15-11(2)20-12(3)29-15/h5-9H,4,10H2,1-3H3,(H,21,27)(H,22,24)/t19-/m0/s1. The molecule has 2 heterocycles. The summed E-state index contributed by atoms with van der Waals surface area (Å²) in [5, 5.41) is 3.97. The molecule has 4 amide bonds. The third-order valence-corrected chi connectivity index (χ3v) is 5.60. The molecule has 1 atom stereocenters. The highest BCUT2D eigenvalue weighted by Crippen LogP contribution is 2.31. The molecule has 0 bridgehead atoms. The van der Waals surface area contributed by atoms with Crippen molar-refractivity contribution in [2.45, 2.75) is 32.7 Å². The molecule has 1 aliphatic heterocycles. The van der Waals surface area contributed by atoms with Gasteiger partial charge in [0.05, 0.1) is 10.7 Å².